The fourth-order valence-electron chi connectivity index (χ4n) is 12.4. The number of carboxylic acid groups (broad SMARTS) is 3. The van der Waals surface area contributed by atoms with E-state index in [4.69, 9.17) is 5.73 Å². The van der Waals surface area contributed by atoms with Crippen molar-refractivity contribution >= 4 is 106 Å². The van der Waals surface area contributed by atoms with E-state index in [0.717, 1.165) is 29.5 Å². The number of nitrogens with one attached hydrogen (secondary N) is 6. The van der Waals surface area contributed by atoms with Crippen LogP contribution < -0.4 is 37.6 Å². The van der Waals surface area contributed by atoms with E-state index in [0.29, 0.717) is 47.8 Å². The number of aliphatic hydroxyl groups excluding tert-OH is 2. The molecule has 2 bridgehead atoms. The number of nitrogens with two attached hydrogens (primary N) is 1. The maximum absolute atomic E-state index is 14.9. The molecule has 9 amide bonds. The third-order valence-corrected chi connectivity index (χ3v) is 20.9. The van der Waals surface area contributed by atoms with E-state index in [2.05, 4.69) is 31.9 Å². The van der Waals surface area contributed by atoms with E-state index in [1.165, 1.54) is 40.2 Å². The third kappa shape index (κ3) is 28.4. The van der Waals surface area contributed by atoms with E-state index in [1.54, 1.807) is 56.8 Å². The molecular formula is C67H101N13O17S3. The molecule has 6 rings (SSSR count). The summed E-state index contributed by atoms with van der Waals surface area (Å²) < 4.78 is 0. The molecule has 100 heavy (non-hydrogen) atoms. The summed E-state index contributed by atoms with van der Waals surface area (Å²) in [6.07, 6.45) is 1.48. The molecule has 3 fully saturated rings. The molecule has 2 aromatic carbocycles. The van der Waals surface area contributed by atoms with Crippen LogP contribution in [0.1, 0.15) is 100 Å². The number of carbonyl (C=O) groups excluding carboxylic acids is 9. The maximum Gasteiger partial charge on any atom is 0.317 e. The van der Waals surface area contributed by atoms with Crippen LogP contribution in [0.4, 0.5) is 0 Å². The Morgan fingerprint density at radius 1 is 0.620 bits per heavy atom. The van der Waals surface area contributed by atoms with E-state index in [9.17, 15) is 83.1 Å². The molecule has 33 heteroatoms. The first-order valence-corrected chi connectivity index (χ1v) is 37.8. The van der Waals surface area contributed by atoms with Crippen molar-refractivity contribution in [1.82, 2.24) is 61.3 Å². The number of hydrogen-bond donors (Lipinski definition) is 12. The van der Waals surface area contributed by atoms with Gasteiger partial charge in [0, 0.05) is 126 Å². The summed E-state index contributed by atoms with van der Waals surface area (Å²) in [4.78, 5) is 171. The quantitative estimate of drug-likeness (QED) is 0.0523. The van der Waals surface area contributed by atoms with Crippen molar-refractivity contribution in [2.24, 2.45) is 5.73 Å². The van der Waals surface area contributed by atoms with Gasteiger partial charge in [0.25, 0.3) is 0 Å². The second-order valence-corrected chi connectivity index (χ2v) is 28.9. The van der Waals surface area contributed by atoms with Gasteiger partial charge in [-0.05, 0) is 67.7 Å². The predicted octanol–water partition coefficient (Wildman–Crippen LogP) is -1.14. The van der Waals surface area contributed by atoms with Crippen molar-refractivity contribution in [1.29, 1.82) is 0 Å². The predicted molar refractivity (Wildman–Crippen MR) is 377 cm³/mol. The summed E-state index contributed by atoms with van der Waals surface area (Å²) in [6.45, 7) is 4.46. The van der Waals surface area contributed by atoms with Gasteiger partial charge >= 0.3 is 17.9 Å². The van der Waals surface area contributed by atoms with E-state index < -0.39 is 114 Å². The fraction of sp³-hybridized carbons (Fsp3) is 0.642. The Morgan fingerprint density at radius 3 is 1.71 bits per heavy atom. The molecule has 30 nitrogen and oxygen atoms in total. The topological polar surface area (TPSA) is 424 Å². The number of unbranched alkanes of at least 4 members (excludes halogenated alkanes) is 2. The van der Waals surface area contributed by atoms with Gasteiger partial charge in [-0.2, -0.15) is 35.3 Å². The number of aliphatic hydroxyl groups is 2. The number of amides is 9. The Bertz CT molecular complexity index is 3060. The molecule has 0 aliphatic carbocycles. The van der Waals surface area contributed by atoms with E-state index >= 15 is 0 Å². The zero-order valence-corrected chi connectivity index (χ0v) is 59.6. The number of thioether (sulfide) groups is 3. The minimum absolute atomic E-state index is 0.0360. The third-order valence-electron chi connectivity index (χ3n) is 17.6. The molecule has 0 aromatic heterocycles. The average molecular weight is 1460 g/mol. The van der Waals surface area contributed by atoms with Gasteiger partial charge in [-0.3, -0.25) is 77.1 Å². The largest absolute Gasteiger partial charge is 0.480 e. The summed E-state index contributed by atoms with van der Waals surface area (Å²) in [6, 6.07) is 6.41. The minimum Gasteiger partial charge on any atom is -0.480 e. The zero-order chi connectivity index (χ0) is 72.7. The number of carboxylic acids is 3. The molecule has 4 aliphatic rings. The smallest absolute Gasteiger partial charge is 0.317 e. The van der Waals surface area contributed by atoms with Crippen molar-refractivity contribution in [3.05, 3.63) is 70.8 Å². The number of carbonyl (C=O) groups is 12. The molecule has 0 spiro atoms. The first kappa shape index (κ1) is 81.9. The average Bonchev–Trinajstić information content (AvgIpc) is 1.60. The Hall–Kier alpha value is -7.11. The van der Waals surface area contributed by atoms with Crippen LogP contribution in [-0.2, 0) is 81.2 Å². The molecule has 0 saturated carbocycles. The Morgan fingerprint density at radius 2 is 1.16 bits per heavy atom. The van der Waals surface area contributed by atoms with Gasteiger partial charge in [0.2, 0.25) is 53.2 Å². The SMILES string of the molecule is CCCCCC(=O)N[C@H]1CSCc2cc(CSCCNC(=O)CN3CCN(CC(=O)O)CCN(CC(=O)O)CCN(CC(=O)O)CC3)cc(c2)CSC[C@@H](CO)NC(=O)[C@H](Cc2ccccc2)NC(=O)[C@H](CCC(N)=O)NC(=O)[C@H]([C@@H](C)O)NC(=O)[C@@H]2CCCN2C(=O)[C@@H]2CCCN2C1=O. The number of fused-ring (bicyclic) bond motifs is 4. The minimum atomic E-state index is -1.67. The lowest BCUT2D eigenvalue weighted by molar-refractivity contribution is -0.148. The molecular weight excluding hydrogens is 1360 g/mol. The number of primary amides is 1. The summed E-state index contributed by atoms with van der Waals surface area (Å²) in [5, 5.41) is 67.3. The van der Waals surface area contributed by atoms with Gasteiger partial charge in [-0.25, -0.2) is 0 Å². The highest BCUT2D eigenvalue weighted by molar-refractivity contribution is 7.99. The zero-order valence-electron chi connectivity index (χ0n) is 57.2. The van der Waals surface area contributed by atoms with Gasteiger partial charge < -0.3 is 73.0 Å². The summed E-state index contributed by atoms with van der Waals surface area (Å²) in [5.41, 5.74) is 8.87. The van der Waals surface area contributed by atoms with Crippen molar-refractivity contribution in [3.8, 4) is 0 Å². The highest BCUT2D eigenvalue weighted by Crippen LogP contribution is 2.28. The van der Waals surface area contributed by atoms with Gasteiger partial charge in [-0.1, -0.05) is 68.3 Å². The molecule has 2 aromatic rings. The van der Waals surface area contributed by atoms with Crippen LogP contribution in [0.5, 0.6) is 0 Å². The maximum atomic E-state index is 14.9. The molecule has 13 N–H and O–H groups in total. The number of benzene rings is 2. The number of nitrogens with zero attached hydrogens (tertiary/aromatic N) is 6. The van der Waals surface area contributed by atoms with Crippen molar-refractivity contribution in [2.45, 2.75) is 150 Å². The number of aliphatic carboxylic acids is 3. The highest BCUT2D eigenvalue weighted by atomic mass is 32.2. The lowest BCUT2D eigenvalue weighted by Gasteiger charge is -2.33. The van der Waals surface area contributed by atoms with Gasteiger partial charge in [0.15, 0.2) is 0 Å². The Labute approximate surface area is 596 Å². The molecule has 554 valence electrons. The Balaban J connectivity index is 1.24. The Kier molecular flexibility index (Phi) is 35.2. The molecule has 3 saturated heterocycles. The van der Waals surface area contributed by atoms with Crippen LogP contribution in [0.2, 0.25) is 0 Å². The normalized spacial score (nSPS) is 23.5. The lowest BCUT2D eigenvalue weighted by Crippen LogP contribution is -2.61. The van der Waals surface area contributed by atoms with Crippen molar-refractivity contribution in [3.63, 3.8) is 0 Å². The monoisotopic (exact) mass is 1460 g/mol. The van der Waals surface area contributed by atoms with Gasteiger partial charge in [0.05, 0.1) is 44.9 Å². The molecule has 4 aliphatic heterocycles. The van der Waals surface area contributed by atoms with Crippen LogP contribution in [0.3, 0.4) is 0 Å². The summed E-state index contributed by atoms with van der Waals surface area (Å²) in [7, 11) is 0. The van der Waals surface area contributed by atoms with E-state index in [-0.39, 0.29) is 160 Å². The standard InChI is InChI=1S/C67H101N13O17S3/c1-3-4-6-15-56(84)71-52-43-100-41-48-31-46(39-98-29-18-69-57(85)34-75-21-23-76(35-58(86)87)25-27-78(37-60(90)91)28-26-77(24-22-75)36-59(88)89)30-47(32-48)40-99-42-49(38-81)70-63(93)51(33-45-11-7-5-8-12-45)73-62(92)50(16-17-55(68)83)72-65(95)61(44(2)82)74-64(94)53-13-9-19-79(53)67(97)54-14-10-20-80(54)66(52)96/h5,7-8,11-12,30-32,44,49-54,61,81-82H,3-4,6,9-10,13-29,33-43H2,1-2H3,(H2,68,83)(H,69,85)(H,70,93)(H,71,84)(H,72,95)(H,73,92)(H,74,94)(H,86,87)(H,88,89)(H,90,91)/t44-,49-,50+,51+,52+,53+,54+,61+/m1/s1. The number of hydrogen-bond acceptors (Lipinski definition) is 21. The van der Waals surface area contributed by atoms with Gasteiger partial charge in [-0.15, -0.1) is 0 Å². The molecule has 0 unspecified atom stereocenters. The lowest BCUT2D eigenvalue weighted by atomic mass is 10.0. The second kappa shape index (κ2) is 43.0. The highest BCUT2D eigenvalue weighted by Gasteiger charge is 2.45. The van der Waals surface area contributed by atoms with Crippen LogP contribution in [0, 0.1) is 0 Å². The fourth-order valence-corrected chi connectivity index (χ4v) is 15.2. The van der Waals surface area contributed by atoms with Crippen LogP contribution in [0.25, 0.3) is 0 Å². The van der Waals surface area contributed by atoms with Crippen LogP contribution in [0.15, 0.2) is 48.5 Å². The molecule has 4 heterocycles. The number of rotatable bonds is 25. The molecule has 8 atom stereocenters. The van der Waals surface area contributed by atoms with Crippen molar-refractivity contribution in [2.75, 3.05) is 122 Å². The van der Waals surface area contributed by atoms with Gasteiger partial charge in [0.1, 0.15) is 36.3 Å². The first-order chi connectivity index (χ1) is 47.9. The second-order valence-electron chi connectivity index (χ2n) is 25.8. The summed E-state index contributed by atoms with van der Waals surface area (Å²) in [5.74, 6) is -6.79. The summed E-state index contributed by atoms with van der Waals surface area (Å²) >= 11 is 4.39. The first-order valence-electron chi connectivity index (χ1n) is 34.3. The van der Waals surface area contributed by atoms with E-state index in [1.807, 2.05) is 30.0 Å². The molecule has 0 radical (unpaired) electrons. The van der Waals surface area contributed by atoms with Crippen molar-refractivity contribution < 1.29 is 83.1 Å². The van der Waals surface area contributed by atoms with Crippen LogP contribution in [-0.4, -0.2) is 296 Å². The van der Waals surface area contributed by atoms with Crippen LogP contribution >= 0.6 is 35.3 Å².